The molecule has 2 heterocycles. The lowest BCUT2D eigenvalue weighted by molar-refractivity contribution is -0.135. The Kier molecular flexibility index (Phi) is 6.72. The number of hydrogen-bond donors (Lipinski definition) is 1. The molecule has 7 nitrogen and oxygen atoms in total. The maximum Gasteiger partial charge on any atom is 0.227 e. The number of benzene rings is 1. The number of ether oxygens (including phenoxy) is 2. The summed E-state index contributed by atoms with van der Waals surface area (Å²) in [7, 11) is 1.48. The minimum atomic E-state index is -0.668. The van der Waals surface area contributed by atoms with Crippen molar-refractivity contribution in [3.63, 3.8) is 0 Å². The molecule has 1 aliphatic rings. The second kappa shape index (κ2) is 9.23. The molecule has 0 bridgehead atoms. The molecule has 1 saturated heterocycles. The third kappa shape index (κ3) is 4.73. The Labute approximate surface area is 167 Å². The summed E-state index contributed by atoms with van der Waals surface area (Å²) in [5.74, 6) is -1.000. The van der Waals surface area contributed by atoms with Crippen LogP contribution in [0.4, 0.5) is 0 Å². The number of rotatable bonds is 6. The zero-order chi connectivity index (χ0) is 20.1. The van der Waals surface area contributed by atoms with E-state index in [4.69, 9.17) is 25.5 Å². The van der Waals surface area contributed by atoms with Gasteiger partial charge in [-0.3, -0.25) is 9.59 Å². The predicted molar refractivity (Wildman–Crippen MR) is 103 cm³/mol. The van der Waals surface area contributed by atoms with Crippen LogP contribution in [0.15, 0.2) is 39.5 Å². The lowest BCUT2D eigenvalue weighted by atomic mass is 9.91. The molecule has 150 valence electrons. The average Bonchev–Trinajstić information content (AvgIpc) is 2.69. The second-order valence-corrected chi connectivity index (χ2v) is 6.96. The van der Waals surface area contributed by atoms with Gasteiger partial charge in [-0.05, 0) is 17.7 Å². The van der Waals surface area contributed by atoms with Crippen molar-refractivity contribution in [3.8, 4) is 5.75 Å². The van der Waals surface area contributed by atoms with E-state index in [-0.39, 0.29) is 30.5 Å². The van der Waals surface area contributed by atoms with Crippen molar-refractivity contribution in [2.75, 3.05) is 33.4 Å². The van der Waals surface area contributed by atoms with Gasteiger partial charge in [-0.1, -0.05) is 23.7 Å². The van der Waals surface area contributed by atoms with E-state index in [1.165, 1.54) is 13.2 Å². The van der Waals surface area contributed by atoms with Crippen LogP contribution in [0.2, 0.25) is 5.02 Å². The number of hydrogen-bond acceptors (Lipinski definition) is 6. The Balaban J connectivity index is 2.01. The first-order valence-corrected chi connectivity index (χ1v) is 9.33. The highest BCUT2D eigenvalue weighted by Crippen LogP contribution is 2.34. The second-order valence-electron chi connectivity index (χ2n) is 6.53. The first-order chi connectivity index (χ1) is 13.5. The van der Waals surface area contributed by atoms with E-state index in [0.29, 0.717) is 36.9 Å². The summed E-state index contributed by atoms with van der Waals surface area (Å²) in [5, 5.41) is 10.9. The molecule has 3 rings (SSSR count). The van der Waals surface area contributed by atoms with E-state index in [9.17, 15) is 14.7 Å². The van der Waals surface area contributed by atoms with Crippen molar-refractivity contribution < 1.29 is 23.8 Å². The quantitative estimate of drug-likeness (QED) is 0.791. The van der Waals surface area contributed by atoms with Crippen LogP contribution in [0, 0.1) is 0 Å². The van der Waals surface area contributed by atoms with E-state index < -0.39 is 17.1 Å². The molecule has 0 radical (unpaired) electrons. The molecule has 1 aliphatic heterocycles. The Hall–Kier alpha value is -2.35. The molecule has 1 atom stereocenters. The van der Waals surface area contributed by atoms with Gasteiger partial charge in [0, 0.05) is 37.7 Å². The highest BCUT2D eigenvalue weighted by atomic mass is 35.5. The molecule has 0 unspecified atom stereocenters. The van der Waals surface area contributed by atoms with Gasteiger partial charge in [-0.15, -0.1) is 0 Å². The normalized spacial score (nSPS) is 15.4. The van der Waals surface area contributed by atoms with Gasteiger partial charge in [0.05, 0.1) is 19.1 Å². The van der Waals surface area contributed by atoms with Gasteiger partial charge in [0.1, 0.15) is 12.4 Å². The minimum absolute atomic E-state index is 0.0211. The third-order valence-corrected chi connectivity index (χ3v) is 4.83. The fourth-order valence-corrected chi connectivity index (χ4v) is 3.41. The fourth-order valence-electron chi connectivity index (χ4n) is 3.21. The predicted octanol–water partition coefficient (Wildman–Crippen LogP) is 2.53. The van der Waals surface area contributed by atoms with Crippen LogP contribution < -0.4 is 5.43 Å². The van der Waals surface area contributed by atoms with E-state index in [0.717, 1.165) is 0 Å². The minimum Gasteiger partial charge on any atom is -0.502 e. The van der Waals surface area contributed by atoms with Gasteiger partial charge in [0.2, 0.25) is 17.1 Å². The zero-order valence-electron chi connectivity index (χ0n) is 15.5. The summed E-state index contributed by atoms with van der Waals surface area (Å²) < 4.78 is 16.1. The number of morpholine rings is 1. The monoisotopic (exact) mass is 407 g/mol. The summed E-state index contributed by atoms with van der Waals surface area (Å²) in [4.78, 5) is 26.8. The highest BCUT2D eigenvalue weighted by Gasteiger charge is 2.29. The van der Waals surface area contributed by atoms with Crippen LogP contribution in [-0.4, -0.2) is 49.3 Å². The molecule has 1 fully saturated rings. The highest BCUT2D eigenvalue weighted by molar-refractivity contribution is 6.30. The summed E-state index contributed by atoms with van der Waals surface area (Å²) in [6.07, 6.45) is 0.0211. The number of carbonyl (C=O) groups is 1. The molecule has 1 N–H and O–H groups in total. The van der Waals surface area contributed by atoms with Crippen LogP contribution in [0.3, 0.4) is 0 Å². The van der Waals surface area contributed by atoms with Crippen molar-refractivity contribution in [2.24, 2.45) is 0 Å². The summed E-state index contributed by atoms with van der Waals surface area (Å²) >= 11 is 6.13. The number of aromatic hydroxyl groups is 1. The lowest BCUT2D eigenvalue weighted by Gasteiger charge is -2.28. The molecule has 8 heteroatoms. The Morgan fingerprint density at radius 1 is 1.32 bits per heavy atom. The number of nitrogens with zero attached hydrogens (tertiary/aromatic N) is 1. The van der Waals surface area contributed by atoms with E-state index in [1.807, 2.05) is 0 Å². The van der Waals surface area contributed by atoms with Gasteiger partial charge in [-0.25, -0.2) is 0 Å². The molecule has 0 aliphatic carbocycles. The van der Waals surface area contributed by atoms with Gasteiger partial charge in [-0.2, -0.15) is 0 Å². The smallest absolute Gasteiger partial charge is 0.227 e. The Morgan fingerprint density at radius 2 is 2.07 bits per heavy atom. The standard InChI is InChI=1S/C20H22ClNO6/c1-26-12-15-10-17(23)19(25)20(28-15)16(13-3-2-4-14(21)9-13)11-18(24)22-5-7-27-8-6-22/h2-4,9-10,16,25H,5-8,11-12H2,1H3/t16-/m1/s1. The van der Waals surface area contributed by atoms with Crippen LogP contribution in [-0.2, 0) is 20.9 Å². The molecular formula is C20H22ClNO6. The van der Waals surface area contributed by atoms with Crippen molar-refractivity contribution in [1.82, 2.24) is 4.90 Å². The van der Waals surface area contributed by atoms with E-state index in [2.05, 4.69) is 0 Å². The zero-order valence-corrected chi connectivity index (χ0v) is 16.3. The molecular weight excluding hydrogens is 386 g/mol. The Morgan fingerprint density at radius 3 is 2.75 bits per heavy atom. The maximum absolute atomic E-state index is 12.9. The number of carbonyl (C=O) groups excluding carboxylic acids is 1. The van der Waals surface area contributed by atoms with Crippen molar-refractivity contribution in [3.05, 3.63) is 62.7 Å². The molecule has 0 saturated carbocycles. The van der Waals surface area contributed by atoms with Gasteiger partial charge >= 0.3 is 0 Å². The molecule has 1 aromatic heterocycles. The molecule has 1 aromatic carbocycles. The topological polar surface area (TPSA) is 89.2 Å². The lowest BCUT2D eigenvalue weighted by Crippen LogP contribution is -2.41. The molecule has 1 amide bonds. The molecule has 2 aromatic rings. The van der Waals surface area contributed by atoms with Gasteiger partial charge < -0.3 is 23.9 Å². The largest absolute Gasteiger partial charge is 0.502 e. The number of halogens is 1. The van der Waals surface area contributed by atoms with Crippen LogP contribution in [0.5, 0.6) is 5.75 Å². The van der Waals surface area contributed by atoms with Crippen molar-refractivity contribution in [2.45, 2.75) is 18.9 Å². The fraction of sp³-hybridized carbons (Fsp3) is 0.400. The van der Waals surface area contributed by atoms with Gasteiger partial charge in [0.25, 0.3) is 0 Å². The van der Waals surface area contributed by atoms with E-state index in [1.54, 1.807) is 29.2 Å². The number of methoxy groups -OCH3 is 1. The SMILES string of the molecule is COCc1cc(=O)c(O)c([C@H](CC(=O)N2CCOCC2)c2cccc(Cl)c2)o1. The summed E-state index contributed by atoms with van der Waals surface area (Å²) in [6.45, 7) is 2.04. The number of amides is 1. The van der Waals surface area contributed by atoms with Crippen LogP contribution in [0.1, 0.15) is 29.4 Å². The first kappa shape index (κ1) is 20.4. The van der Waals surface area contributed by atoms with Gasteiger partial charge in [0.15, 0.2) is 5.76 Å². The third-order valence-electron chi connectivity index (χ3n) is 4.60. The summed E-state index contributed by atoms with van der Waals surface area (Å²) in [5.41, 5.74) is 0.0845. The van der Waals surface area contributed by atoms with E-state index >= 15 is 0 Å². The molecule has 0 spiro atoms. The average molecular weight is 408 g/mol. The Bertz CT molecular complexity index is 891. The van der Waals surface area contributed by atoms with Crippen LogP contribution in [0.25, 0.3) is 0 Å². The molecule has 28 heavy (non-hydrogen) atoms. The van der Waals surface area contributed by atoms with Crippen LogP contribution >= 0.6 is 11.6 Å². The van der Waals surface area contributed by atoms with Crippen molar-refractivity contribution in [1.29, 1.82) is 0 Å². The summed E-state index contributed by atoms with van der Waals surface area (Å²) in [6, 6.07) is 8.12. The maximum atomic E-state index is 12.9. The first-order valence-electron chi connectivity index (χ1n) is 8.95. The van der Waals surface area contributed by atoms with Crippen molar-refractivity contribution >= 4 is 17.5 Å².